The van der Waals surface area contributed by atoms with Gasteiger partial charge in [-0.2, -0.15) is 0 Å². The van der Waals surface area contributed by atoms with Crippen LogP contribution in [0, 0.1) is 19.3 Å². The van der Waals surface area contributed by atoms with Gasteiger partial charge in [-0.25, -0.2) is 0 Å². The van der Waals surface area contributed by atoms with Gasteiger partial charge in [0.1, 0.15) is 0 Å². The second-order valence-electron chi connectivity index (χ2n) is 9.75. The zero-order valence-electron chi connectivity index (χ0n) is 18.3. The van der Waals surface area contributed by atoms with Crippen molar-refractivity contribution in [2.24, 2.45) is 5.41 Å². The lowest BCUT2D eigenvalue weighted by molar-refractivity contribution is 0.411. The van der Waals surface area contributed by atoms with Gasteiger partial charge < -0.3 is 0 Å². The first kappa shape index (κ1) is 19.3. The van der Waals surface area contributed by atoms with Gasteiger partial charge in [0, 0.05) is 27.2 Å². The fraction of sp³-hybridized carbons (Fsp3) is 0.250. The Labute approximate surface area is 182 Å². The molecule has 150 valence electrons. The summed E-state index contributed by atoms with van der Waals surface area (Å²) in [6, 6.07) is 20.4. The normalized spacial score (nSPS) is 12.3. The summed E-state index contributed by atoms with van der Waals surface area (Å²) in [6.07, 6.45) is 3.05. The van der Waals surface area contributed by atoms with E-state index < -0.39 is 0 Å². The lowest BCUT2D eigenvalue weighted by atomic mass is 9.87. The van der Waals surface area contributed by atoms with Crippen molar-refractivity contribution < 1.29 is 0 Å². The molecule has 0 spiro atoms. The van der Waals surface area contributed by atoms with Gasteiger partial charge in [0.25, 0.3) is 0 Å². The average molecular weight is 410 g/mol. The molecule has 0 aliphatic carbocycles. The van der Waals surface area contributed by atoms with Crippen molar-refractivity contribution in [3.63, 3.8) is 0 Å². The molecule has 0 amide bonds. The second-order valence-corrected chi connectivity index (χ2v) is 10.8. The number of hydrogen-bond acceptors (Lipinski definition) is 2. The van der Waals surface area contributed by atoms with Crippen molar-refractivity contribution in [1.29, 1.82) is 0 Å². The Morgan fingerprint density at radius 3 is 2.20 bits per heavy atom. The maximum Gasteiger partial charge on any atom is 0.0880 e. The van der Waals surface area contributed by atoms with E-state index in [1.807, 2.05) is 17.5 Å². The maximum atomic E-state index is 4.80. The molecule has 5 aromatic rings. The SMILES string of the molecule is Cc1cc(C)cc(-c2nccc3c2sc2c4ccc(CC(C)(C)C)cc4ccc32)c1. The van der Waals surface area contributed by atoms with Crippen LogP contribution in [0.5, 0.6) is 0 Å². The highest BCUT2D eigenvalue weighted by molar-refractivity contribution is 7.27. The number of benzene rings is 3. The van der Waals surface area contributed by atoms with E-state index >= 15 is 0 Å². The lowest BCUT2D eigenvalue weighted by Crippen LogP contribution is -2.08. The third-order valence-electron chi connectivity index (χ3n) is 5.66. The van der Waals surface area contributed by atoms with Crippen LogP contribution < -0.4 is 0 Å². The molecule has 0 saturated carbocycles. The number of pyridine rings is 1. The summed E-state index contributed by atoms with van der Waals surface area (Å²) >= 11 is 1.88. The molecule has 0 saturated heterocycles. The molecule has 0 radical (unpaired) electrons. The van der Waals surface area contributed by atoms with Crippen molar-refractivity contribution in [2.75, 3.05) is 0 Å². The fourth-order valence-electron chi connectivity index (χ4n) is 4.58. The summed E-state index contributed by atoms with van der Waals surface area (Å²) in [7, 11) is 0. The molecule has 0 aliphatic rings. The summed E-state index contributed by atoms with van der Waals surface area (Å²) in [6.45, 7) is 11.2. The van der Waals surface area contributed by atoms with Gasteiger partial charge in [-0.15, -0.1) is 11.3 Å². The summed E-state index contributed by atoms with van der Waals surface area (Å²) in [5.74, 6) is 0. The van der Waals surface area contributed by atoms with Gasteiger partial charge in [-0.05, 0) is 60.2 Å². The molecule has 2 heterocycles. The Hall–Kier alpha value is -2.71. The quantitative estimate of drug-likeness (QED) is 0.285. The summed E-state index contributed by atoms with van der Waals surface area (Å²) < 4.78 is 2.65. The maximum absolute atomic E-state index is 4.80. The number of nitrogens with zero attached hydrogens (tertiary/aromatic N) is 1. The highest BCUT2D eigenvalue weighted by Gasteiger charge is 2.15. The van der Waals surface area contributed by atoms with E-state index in [9.17, 15) is 0 Å². The highest BCUT2D eigenvalue weighted by atomic mass is 32.1. The van der Waals surface area contributed by atoms with Gasteiger partial charge in [0.05, 0.1) is 10.4 Å². The fourth-order valence-corrected chi connectivity index (χ4v) is 5.92. The van der Waals surface area contributed by atoms with Gasteiger partial charge in [-0.3, -0.25) is 4.98 Å². The molecule has 0 fully saturated rings. The van der Waals surface area contributed by atoms with Crippen molar-refractivity contribution in [2.45, 2.75) is 41.0 Å². The van der Waals surface area contributed by atoms with Crippen molar-refractivity contribution >= 4 is 42.3 Å². The topological polar surface area (TPSA) is 12.9 Å². The van der Waals surface area contributed by atoms with Crippen molar-refractivity contribution in [3.8, 4) is 11.3 Å². The van der Waals surface area contributed by atoms with Crippen LogP contribution in [0.2, 0.25) is 0 Å². The van der Waals surface area contributed by atoms with E-state index in [-0.39, 0.29) is 0 Å². The van der Waals surface area contributed by atoms with E-state index in [0.29, 0.717) is 5.41 Å². The van der Waals surface area contributed by atoms with Crippen LogP contribution in [-0.2, 0) is 6.42 Å². The summed E-state index contributed by atoms with van der Waals surface area (Å²) in [4.78, 5) is 4.80. The first-order valence-electron chi connectivity index (χ1n) is 10.6. The Bertz CT molecular complexity index is 1400. The van der Waals surface area contributed by atoms with E-state index in [0.717, 1.165) is 12.1 Å². The smallest absolute Gasteiger partial charge is 0.0880 e. The van der Waals surface area contributed by atoms with Gasteiger partial charge in [0.2, 0.25) is 0 Å². The number of hydrogen-bond donors (Lipinski definition) is 0. The summed E-state index contributed by atoms with van der Waals surface area (Å²) in [5.41, 5.74) is 6.57. The Balaban J connectivity index is 1.75. The first-order valence-corrected chi connectivity index (χ1v) is 11.4. The van der Waals surface area contributed by atoms with Crippen LogP contribution in [0.25, 0.3) is 42.2 Å². The molecular formula is C28H27NS. The minimum Gasteiger partial charge on any atom is -0.255 e. The van der Waals surface area contributed by atoms with E-state index in [1.165, 1.54) is 53.2 Å². The van der Waals surface area contributed by atoms with Gasteiger partial charge in [0.15, 0.2) is 0 Å². The van der Waals surface area contributed by atoms with E-state index in [2.05, 4.69) is 89.2 Å². The molecule has 0 bridgehead atoms. The van der Waals surface area contributed by atoms with E-state index in [4.69, 9.17) is 4.98 Å². The van der Waals surface area contributed by atoms with Crippen molar-refractivity contribution in [1.82, 2.24) is 4.98 Å². The molecule has 0 N–H and O–H groups in total. The minimum atomic E-state index is 0.294. The number of rotatable bonds is 2. The standard InChI is InChI=1S/C28H27NS/c1-17-12-18(2)14-21(13-17)25-27-24(10-11-29-25)23-9-7-20-15-19(16-28(3,4)5)6-8-22(20)26(23)30-27/h6-15H,16H2,1-5H3. The Morgan fingerprint density at radius 1 is 0.767 bits per heavy atom. The van der Waals surface area contributed by atoms with Crippen LogP contribution in [0.1, 0.15) is 37.5 Å². The molecule has 2 aromatic heterocycles. The zero-order valence-corrected chi connectivity index (χ0v) is 19.2. The monoisotopic (exact) mass is 409 g/mol. The third kappa shape index (κ3) is 3.40. The van der Waals surface area contributed by atoms with Crippen LogP contribution in [0.4, 0.5) is 0 Å². The van der Waals surface area contributed by atoms with Crippen LogP contribution in [-0.4, -0.2) is 4.98 Å². The molecular weight excluding hydrogens is 382 g/mol. The number of fused-ring (bicyclic) bond motifs is 5. The molecule has 0 unspecified atom stereocenters. The molecule has 5 rings (SSSR count). The number of aryl methyl sites for hydroxylation is 2. The Kier molecular flexibility index (Phi) is 4.44. The molecule has 0 aliphatic heterocycles. The van der Waals surface area contributed by atoms with Crippen LogP contribution in [0.15, 0.2) is 60.8 Å². The zero-order chi connectivity index (χ0) is 21.0. The lowest BCUT2D eigenvalue weighted by Gasteiger charge is -2.18. The molecule has 0 atom stereocenters. The number of thiophene rings is 1. The van der Waals surface area contributed by atoms with E-state index in [1.54, 1.807) is 0 Å². The molecule has 3 aromatic carbocycles. The van der Waals surface area contributed by atoms with Gasteiger partial charge >= 0.3 is 0 Å². The van der Waals surface area contributed by atoms with Crippen molar-refractivity contribution in [3.05, 3.63) is 77.5 Å². The van der Waals surface area contributed by atoms with Crippen LogP contribution >= 0.6 is 11.3 Å². The second kappa shape index (κ2) is 6.92. The largest absolute Gasteiger partial charge is 0.255 e. The third-order valence-corrected chi connectivity index (χ3v) is 6.92. The first-order chi connectivity index (χ1) is 14.3. The number of aromatic nitrogens is 1. The molecule has 2 heteroatoms. The predicted molar refractivity (Wildman–Crippen MR) is 133 cm³/mol. The Morgan fingerprint density at radius 2 is 1.47 bits per heavy atom. The summed E-state index contributed by atoms with van der Waals surface area (Å²) in [5, 5.41) is 5.31. The average Bonchev–Trinajstić information content (AvgIpc) is 3.04. The highest BCUT2D eigenvalue weighted by Crippen LogP contribution is 2.42. The minimum absolute atomic E-state index is 0.294. The predicted octanol–water partition coefficient (Wildman–Crippen LogP) is 8.48. The van der Waals surface area contributed by atoms with Gasteiger partial charge in [-0.1, -0.05) is 68.3 Å². The molecule has 1 nitrogen and oxygen atoms in total. The van der Waals surface area contributed by atoms with Crippen LogP contribution in [0.3, 0.4) is 0 Å². The molecule has 30 heavy (non-hydrogen) atoms.